The van der Waals surface area contributed by atoms with Crippen LogP contribution in [0.25, 0.3) is 0 Å². The van der Waals surface area contributed by atoms with E-state index in [2.05, 4.69) is 36.7 Å². The molecular weight excluding hydrogens is 399 g/mol. The molecule has 3 rings (SSSR count). The van der Waals surface area contributed by atoms with Gasteiger partial charge in [-0.05, 0) is 24.3 Å². The van der Waals surface area contributed by atoms with E-state index in [1.54, 1.807) is 0 Å². The number of nitrogens with zero attached hydrogens (tertiary/aromatic N) is 4. The molecule has 0 aliphatic carbocycles. The molecule has 2 heterocycles. The maximum absolute atomic E-state index is 13.7. The molecule has 3 aromatic rings. The van der Waals surface area contributed by atoms with Gasteiger partial charge in [-0.15, -0.1) is 0 Å². The fourth-order valence-electron chi connectivity index (χ4n) is 2.25. The molecule has 0 radical (unpaired) electrons. The molecule has 0 fully saturated rings. The van der Waals surface area contributed by atoms with Gasteiger partial charge < -0.3 is 0 Å². The van der Waals surface area contributed by atoms with Gasteiger partial charge in [0.15, 0.2) is 0 Å². The Bertz CT molecular complexity index is 1100. The lowest BCUT2D eigenvalue weighted by molar-refractivity contribution is -0.383. The van der Waals surface area contributed by atoms with Crippen LogP contribution in [-0.4, -0.2) is 31.7 Å². The average Bonchev–Trinajstić information content (AvgIpc) is 2.76. The van der Waals surface area contributed by atoms with Gasteiger partial charge in [-0.1, -0.05) is 12.1 Å². The molecule has 0 aliphatic rings. The summed E-state index contributed by atoms with van der Waals surface area (Å²) in [6.07, 6.45) is 3.77. The van der Waals surface area contributed by atoms with Crippen LogP contribution >= 0.6 is 0 Å². The number of anilines is 2. The zero-order valence-corrected chi connectivity index (χ0v) is 15.0. The summed E-state index contributed by atoms with van der Waals surface area (Å²) < 4.78 is 13.7. The molecule has 152 valence electrons. The minimum absolute atomic E-state index is 0.254. The summed E-state index contributed by atoms with van der Waals surface area (Å²) in [6, 6.07) is 8.08. The molecular formula is C17H13FN8O4. The van der Waals surface area contributed by atoms with Crippen molar-refractivity contribution in [3.8, 4) is 0 Å². The first-order chi connectivity index (χ1) is 14.5. The summed E-state index contributed by atoms with van der Waals surface area (Å²) >= 11 is 0. The first-order valence-electron chi connectivity index (χ1n) is 8.24. The Kier molecular flexibility index (Phi) is 6.02. The highest BCUT2D eigenvalue weighted by atomic mass is 19.1. The molecule has 4 N–H and O–H groups in total. The molecule has 1 aromatic carbocycles. The molecule has 0 spiro atoms. The number of carbonyl (C=O) groups is 2. The van der Waals surface area contributed by atoms with Crippen LogP contribution in [0, 0.1) is 15.9 Å². The van der Waals surface area contributed by atoms with Crippen LogP contribution in [0.15, 0.2) is 55.1 Å². The summed E-state index contributed by atoms with van der Waals surface area (Å²) in [5.41, 5.74) is 8.29. The highest BCUT2D eigenvalue weighted by molar-refractivity contribution is 5.96. The van der Waals surface area contributed by atoms with E-state index in [1.807, 2.05) is 0 Å². The van der Waals surface area contributed by atoms with Crippen LogP contribution < -0.4 is 21.7 Å². The third-order valence-electron chi connectivity index (χ3n) is 3.65. The van der Waals surface area contributed by atoms with Crippen molar-refractivity contribution in [3.05, 3.63) is 82.2 Å². The first-order valence-corrected chi connectivity index (χ1v) is 8.24. The Balaban J connectivity index is 1.74. The predicted molar refractivity (Wildman–Crippen MR) is 102 cm³/mol. The third-order valence-corrected chi connectivity index (χ3v) is 3.65. The molecule has 0 atom stereocenters. The van der Waals surface area contributed by atoms with E-state index >= 15 is 0 Å². The number of pyridine rings is 1. The van der Waals surface area contributed by atoms with E-state index in [1.165, 1.54) is 42.7 Å². The first kappa shape index (κ1) is 20.1. The van der Waals surface area contributed by atoms with Crippen LogP contribution in [-0.2, 0) is 0 Å². The van der Waals surface area contributed by atoms with Crippen molar-refractivity contribution >= 4 is 29.1 Å². The summed E-state index contributed by atoms with van der Waals surface area (Å²) in [7, 11) is 0. The van der Waals surface area contributed by atoms with Crippen molar-refractivity contribution in [3.63, 3.8) is 0 Å². The standard InChI is InChI=1S/C17H13FN8O4/c18-12-4-2-1-3-11(12)17(28)25-23-15-13(26(29)30)14(20-9-21-15)22-24-16(27)10-5-7-19-8-6-10/h1-9H,(H,24,27)(H,25,28)(H2,20,21,22,23). The molecule has 12 nitrogen and oxygen atoms in total. The maximum atomic E-state index is 13.7. The number of amides is 2. The Hall–Kier alpha value is -4.68. The summed E-state index contributed by atoms with van der Waals surface area (Å²) in [5, 5.41) is 11.5. The lowest BCUT2D eigenvalue weighted by Gasteiger charge is -2.11. The second-order valence-corrected chi connectivity index (χ2v) is 5.55. The fourth-order valence-corrected chi connectivity index (χ4v) is 2.25. The van der Waals surface area contributed by atoms with Crippen molar-refractivity contribution in [2.45, 2.75) is 0 Å². The predicted octanol–water partition coefficient (Wildman–Crippen LogP) is 1.43. The number of carbonyl (C=O) groups excluding carboxylic acids is 2. The monoisotopic (exact) mass is 412 g/mol. The number of aromatic nitrogens is 3. The molecule has 2 amide bonds. The number of nitro groups is 1. The summed E-state index contributed by atoms with van der Waals surface area (Å²) in [5.74, 6) is -2.97. The highest BCUT2D eigenvalue weighted by Crippen LogP contribution is 2.27. The Morgan fingerprint density at radius 3 is 2.13 bits per heavy atom. The number of halogens is 1. The van der Waals surface area contributed by atoms with Crippen LogP contribution in [0.3, 0.4) is 0 Å². The van der Waals surface area contributed by atoms with Gasteiger partial charge in [0.25, 0.3) is 11.8 Å². The van der Waals surface area contributed by atoms with Gasteiger partial charge >= 0.3 is 5.69 Å². The number of hydrazine groups is 2. The molecule has 30 heavy (non-hydrogen) atoms. The van der Waals surface area contributed by atoms with Gasteiger partial charge in [0, 0.05) is 18.0 Å². The molecule has 0 saturated heterocycles. The minimum Gasteiger partial charge on any atom is -0.276 e. The minimum atomic E-state index is -0.874. The molecule has 0 aliphatic heterocycles. The summed E-state index contributed by atoms with van der Waals surface area (Å²) in [6.45, 7) is 0. The Morgan fingerprint density at radius 2 is 1.53 bits per heavy atom. The number of rotatable bonds is 7. The highest BCUT2D eigenvalue weighted by Gasteiger charge is 2.24. The van der Waals surface area contributed by atoms with E-state index in [4.69, 9.17) is 0 Å². The second-order valence-electron chi connectivity index (χ2n) is 5.55. The van der Waals surface area contributed by atoms with E-state index < -0.39 is 28.2 Å². The molecule has 0 bridgehead atoms. The van der Waals surface area contributed by atoms with E-state index in [0.717, 1.165) is 12.4 Å². The van der Waals surface area contributed by atoms with Gasteiger partial charge in [0.1, 0.15) is 12.1 Å². The van der Waals surface area contributed by atoms with Gasteiger partial charge in [0.05, 0.1) is 10.5 Å². The normalized spacial score (nSPS) is 10.0. The third kappa shape index (κ3) is 4.59. The van der Waals surface area contributed by atoms with Crippen LogP contribution in [0.4, 0.5) is 21.7 Å². The van der Waals surface area contributed by atoms with E-state index in [0.29, 0.717) is 0 Å². The molecule has 0 unspecified atom stereocenters. The second kappa shape index (κ2) is 9.01. The lowest BCUT2D eigenvalue weighted by atomic mass is 10.2. The fraction of sp³-hybridized carbons (Fsp3) is 0. The van der Waals surface area contributed by atoms with Crippen LogP contribution in [0.1, 0.15) is 20.7 Å². The van der Waals surface area contributed by atoms with Crippen LogP contribution in [0.5, 0.6) is 0 Å². The number of nitrogens with one attached hydrogen (secondary N) is 4. The van der Waals surface area contributed by atoms with Crippen molar-refractivity contribution in [1.82, 2.24) is 25.8 Å². The van der Waals surface area contributed by atoms with Crippen molar-refractivity contribution in [1.29, 1.82) is 0 Å². The Labute approximate surface area is 167 Å². The van der Waals surface area contributed by atoms with Crippen molar-refractivity contribution < 1.29 is 18.9 Å². The Morgan fingerprint density at radius 1 is 0.933 bits per heavy atom. The topological polar surface area (TPSA) is 164 Å². The number of hydrogen-bond donors (Lipinski definition) is 4. The average molecular weight is 412 g/mol. The number of benzene rings is 1. The van der Waals surface area contributed by atoms with E-state index in [9.17, 15) is 24.1 Å². The van der Waals surface area contributed by atoms with E-state index in [-0.39, 0.29) is 22.8 Å². The zero-order valence-electron chi connectivity index (χ0n) is 15.0. The number of hydrogen-bond acceptors (Lipinski definition) is 9. The smallest absolute Gasteiger partial charge is 0.276 e. The van der Waals surface area contributed by atoms with Gasteiger partial charge in [-0.25, -0.2) is 14.4 Å². The van der Waals surface area contributed by atoms with Gasteiger partial charge in [0.2, 0.25) is 11.6 Å². The lowest BCUT2D eigenvalue weighted by Crippen LogP contribution is -2.32. The van der Waals surface area contributed by atoms with Gasteiger partial charge in [-0.3, -0.25) is 46.4 Å². The van der Waals surface area contributed by atoms with Crippen LogP contribution in [0.2, 0.25) is 0 Å². The zero-order chi connectivity index (χ0) is 21.5. The summed E-state index contributed by atoms with van der Waals surface area (Å²) in [4.78, 5) is 46.0. The largest absolute Gasteiger partial charge is 0.356 e. The molecule has 2 aromatic heterocycles. The quantitative estimate of drug-likeness (QED) is 0.332. The maximum Gasteiger partial charge on any atom is 0.356 e. The van der Waals surface area contributed by atoms with Crippen molar-refractivity contribution in [2.75, 3.05) is 10.9 Å². The SMILES string of the molecule is O=C(NNc1ncnc(NNC(=O)c2ccccc2F)c1[N+](=O)[O-])c1ccncc1. The molecule has 0 saturated carbocycles. The molecule has 13 heteroatoms. The van der Waals surface area contributed by atoms with Crippen molar-refractivity contribution in [2.24, 2.45) is 0 Å². The van der Waals surface area contributed by atoms with Gasteiger partial charge in [-0.2, -0.15) is 0 Å².